The highest BCUT2D eigenvalue weighted by Gasteiger charge is 2.66. The molecule has 0 aromatic heterocycles. The van der Waals surface area contributed by atoms with E-state index in [1.54, 1.807) is 22.9 Å². The van der Waals surface area contributed by atoms with E-state index in [1.807, 2.05) is 0 Å². The molecule has 360 valence electrons. The Balaban J connectivity index is 0.000000173. The summed E-state index contributed by atoms with van der Waals surface area (Å²) in [5.74, 6) is 2.57. The van der Waals surface area contributed by atoms with Gasteiger partial charge in [0.1, 0.15) is 0 Å². The second kappa shape index (κ2) is 18.1. The molecule has 64 heavy (non-hydrogen) atoms. The highest BCUT2D eigenvalue weighted by atomic mass is 32.2. The first-order valence-corrected chi connectivity index (χ1v) is 26.2. The maximum atomic E-state index is 13.0. The zero-order valence-electron chi connectivity index (χ0n) is 39.7. The van der Waals surface area contributed by atoms with E-state index in [0.29, 0.717) is 30.1 Å². The van der Waals surface area contributed by atoms with Gasteiger partial charge in [-0.2, -0.15) is 11.8 Å². The number of nitrogens with two attached hydrogens (primary N) is 1. The largest absolute Gasteiger partial charge is 0.481 e. The second-order valence-corrected chi connectivity index (χ2v) is 24.6. The first-order chi connectivity index (χ1) is 30.2. The van der Waals surface area contributed by atoms with Crippen molar-refractivity contribution in [1.29, 1.82) is 0 Å². The molecule has 8 unspecified atom stereocenters. The lowest BCUT2D eigenvalue weighted by Gasteiger charge is -2.63. The molecule has 0 aromatic carbocycles. The van der Waals surface area contributed by atoms with Crippen LogP contribution in [0.5, 0.6) is 0 Å². The summed E-state index contributed by atoms with van der Waals surface area (Å²) >= 11 is 1.75. The van der Waals surface area contributed by atoms with Crippen molar-refractivity contribution in [2.24, 2.45) is 74.7 Å². The molecule has 0 bridgehead atoms. The summed E-state index contributed by atoms with van der Waals surface area (Å²) in [5.41, 5.74) is 9.91. The molecule has 10 N–H and O–H groups in total. The van der Waals surface area contributed by atoms with Gasteiger partial charge in [0, 0.05) is 36.4 Å². The zero-order chi connectivity index (χ0) is 46.3. The highest BCUT2D eigenvalue weighted by molar-refractivity contribution is 8.00. The molecule has 2 aliphatic heterocycles. The summed E-state index contributed by atoms with van der Waals surface area (Å²) in [7, 11) is 0. The van der Waals surface area contributed by atoms with Crippen molar-refractivity contribution in [2.75, 3.05) is 5.75 Å². The third-order valence-corrected chi connectivity index (χ3v) is 22.1. The van der Waals surface area contributed by atoms with Gasteiger partial charge in [-0.1, -0.05) is 51.0 Å². The van der Waals surface area contributed by atoms with E-state index >= 15 is 0 Å². The average Bonchev–Trinajstić information content (AvgIpc) is 4.00. The number of allylic oxidation sites excluding steroid dienone is 4. The number of nitrogens with one attached hydrogen (secondary N) is 3. The van der Waals surface area contributed by atoms with E-state index in [4.69, 9.17) is 15.6 Å². The number of rotatable bonds is 3. The average molecular weight is 911 g/mol. The standard InChI is InChI=1S/C28H43N3O4S.C21H35NO2.C2H4O2/c1-4-14-5-6-16-22-17(8-10-27(14,16)2)28(3)9-7-15(11-18(28)24(33)25(22)34)29-21(32)12-20-23-19(13-36-20)30-26(35)31-23;1-4-12-5-6-14-17-15(8-10-20(12,14)2)21(3)9-7-13(22)11-16(21)18(23)19(17)24;1-2(3)4/h4,15-20,22-25,33-34H,5-13H2,1-3H3,(H,29,32)(H2,30,31,35);4,13-19,23-24H,5-11,22H2,1-3H3;1H3,(H,3,4)/b14-4-;12-4-;/t15-,16?,17?,18?,19-,20-,22?,23-,24+,25+,27+,28+;13-,14?,15?,16?,17?,18+,19+,20+,21+;/m00./s1. The predicted octanol–water partition coefficient (Wildman–Crippen LogP) is 6.29. The number of hydrogen-bond donors (Lipinski definition) is 9. The summed E-state index contributed by atoms with van der Waals surface area (Å²) < 4.78 is 0. The van der Waals surface area contributed by atoms with Crippen LogP contribution in [0.25, 0.3) is 0 Å². The van der Waals surface area contributed by atoms with E-state index < -0.39 is 30.4 Å². The van der Waals surface area contributed by atoms with Gasteiger partial charge < -0.3 is 47.2 Å². The molecule has 13 heteroatoms. The number of amides is 3. The number of aliphatic hydroxyl groups excluding tert-OH is 4. The van der Waals surface area contributed by atoms with Gasteiger partial charge in [0.2, 0.25) is 5.91 Å². The lowest BCUT2D eigenvalue weighted by molar-refractivity contribution is -0.211. The van der Waals surface area contributed by atoms with Gasteiger partial charge in [-0.25, -0.2) is 4.79 Å². The van der Waals surface area contributed by atoms with Crippen molar-refractivity contribution >= 4 is 29.7 Å². The molecule has 10 rings (SSSR count). The van der Waals surface area contributed by atoms with Crippen LogP contribution < -0.4 is 21.7 Å². The lowest BCUT2D eigenvalue weighted by atomic mass is 9.43. The Kier molecular flexibility index (Phi) is 13.6. The molecule has 0 aromatic rings. The van der Waals surface area contributed by atoms with E-state index in [9.17, 15) is 30.0 Å². The Morgan fingerprint density at radius 3 is 1.73 bits per heavy atom. The van der Waals surface area contributed by atoms with Gasteiger partial charge in [-0.15, -0.1) is 0 Å². The minimum absolute atomic E-state index is 0.00111. The van der Waals surface area contributed by atoms with Crippen LogP contribution in [0.2, 0.25) is 0 Å². The molecular weight excluding hydrogens is 829 g/mol. The van der Waals surface area contributed by atoms with E-state index in [0.717, 1.165) is 70.5 Å². The molecule has 8 aliphatic carbocycles. The van der Waals surface area contributed by atoms with Gasteiger partial charge in [0.25, 0.3) is 5.97 Å². The fourth-order valence-electron chi connectivity index (χ4n) is 17.4. The molecule has 0 spiro atoms. The van der Waals surface area contributed by atoms with Crippen LogP contribution >= 0.6 is 11.8 Å². The Hall–Kier alpha value is -2.16. The van der Waals surface area contributed by atoms with Crippen LogP contribution in [0.4, 0.5) is 4.79 Å². The number of urea groups is 1. The molecule has 0 radical (unpaired) electrons. The third kappa shape index (κ3) is 8.01. The topological polar surface area (TPSA) is 214 Å². The summed E-state index contributed by atoms with van der Waals surface area (Å²) in [6.07, 6.45) is 17.5. The SMILES string of the molecule is C/C=C1/CCC2C3C(CC[C@]12C)[C@@]1(C)CC[C@H](N)CC1[C@@H](O)[C@@H]3O.C/C=C1/CCC2C3C(CC[C@]12C)[C@@]1(C)CC[C@H](NC(=O)C[C@@H]2SC[C@@H]4NC(=O)N[C@@H]42)CC1[C@@H](O)[C@@H]3O.CC(=O)O. The van der Waals surface area contributed by atoms with Crippen molar-refractivity contribution in [3.8, 4) is 0 Å². The molecular formula is C51H82N4O8S. The van der Waals surface area contributed by atoms with Crippen LogP contribution in [-0.4, -0.2) is 103 Å². The maximum Gasteiger partial charge on any atom is 0.315 e. The number of aliphatic hydroxyl groups is 4. The number of carbonyl (C=O) groups excluding carboxylic acids is 2. The zero-order valence-corrected chi connectivity index (χ0v) is 40.5. The van der Waals surface area contributed by atoms with Crippen molar-refractivity contribution in [3.63, 3.8) is 0 Å². The number of carbonyl (C=O) groups is 3. The smallest absolute Gasteiger partial charge is 0.315 e. The number of carboxylic acids is 1. The summed E-state index contributed by atoms with van der Waals surface area (Å²) in [6, 6.07) is 0.223. The van der Waals surface area contributed by atoms with Gasteiger partial charge in [0.05, 0.1) is 36.5 Å². The van der Waals surface area contributed by atoms with Crippen LogP contribution in [0, 0.1) is 69.0 Å². The Morgan fingerprint density at radius 1 is 0.719 bits per heavy atom. The Morgan fingerprint density at radius 2 is 1.22 bits per heavy atom. The minimum Gasteiger partial charge on any atom is -0.481 e. The quantitative estimate of drug-likeness (QED) is 0.114. The van der Waals surface area contributed by atoms with Crippen LogP contribution in [0.1, 0.15) is 145 Å². The number of aliphatic carboxylic acids is 1. The van der Waals surface area contributed by atoms with Gasteiger partial charge in [0.15, 0.2) is 0 Å². The lowest BCUT2D eigenvalue weighted by Crippen LogP contribution is -2.64. The van der Waals surface area contributed by atoms with Crippen LogP contribution in [-0.2, 0) is 9.59 Å². The molecule has 3 amide bonds. The van der Waals surface area contributed by atoms with Gasteiger partial charge in [-0.3, -0.25) is 9.59 Å². The van der Waals surface area contributed by atoms with Crippen molar-refractivity contribution in [1.82, 2.24) is 16.0 Å². The number of hydrogen-bond acceptors (Lipinski definition) is 9. The minimum atomic E-state index is -0.833. The van der Waals surface area contributed by atoms with E-state index in [2.05, 4.69) is 69.6 Å². The second-order valence-electron chi connectivity index (χ2n) is 23.3. The Bertz CT molecular complexity index is 1840. The van der Waals surface area contributed by atoms with Gasteiger partial charge >= 0.3 is 6.03 Å². The van der Waals surface area contributed by atoms with Gasteiger partial charge in [-0.05, 0) is 173 Å². The predicted molar refractivity (Wildman–Crippen MR) is 250 cm³/mol. The fourth-order valence-corrected chi connectivity index (χ4v) is 18.8. The first-order valence-electron chi connectivity index (χ1n) is 25.2. The van der Waals surface area contributed by atoms with Crippen molar-refractivity contribution in [3.05, 3.63) is 23.3 Å². The van der Waals surface area contributed by atoms with E-state index in [1.165, 1.54) is 32.1 Å². The van der Waals surface area contributed by atoms with Crippen molar-refractivity contribution < 1.29 is 39.9 Å². The first kappa shape index (κ1) is 48.3. The highest BCUT2D eigenvalue weighted by Crippen LogP contribution is 2.69. The molecule has 12 nitrogen and oxygen atoms in total. The molecule has 2 heterocycles. The fraction of sp³-hybridized carbons (Fsp3) is 0.863. The normalized spacial score (nSPS) is 52.1. The number of carboxylic acid groups (broad SMARTS) is 1. The number of thioether (sulfide) groups is 1. The molecule has 10 fully saturated rings. The molecule has 10 aliphatic rings. The number of fused-ring (bicyclic) bond motifs is 11. The monoisotopic (exact) mass is 911 g/mol. The Labute approximate surface area is 386 Å². The summed E-state index contributed by atoms with van der Waals surface area (Å²) in [5, 5.41) is 61.8. The maximum absolute atomic E-state index is 13.0. The summed E-state index contributed by atoms with van der Waals surface area (Å²) in [4.78, 5) is 33.7. The molecule has 8 saturated carbocycles. The van der Waals surface area contributed by atoms with Crippen molar-refractivity contribution in [2.45, 2.75) is 199 Å². The molecule has 21 atom stereocenters. The third-order valence-electron chi connectivity index (χ3n) is 20.6. The molecule has 2 saturated heterocycles. The summed E-state index contributed by atoms with van der Waals surface area (Å²) in [6.45, 7) is 15.0. The van der Waals surface area contributed by atoms with Crippen LogP contribution in [0.15, 0.2) is 23.3 Å². The van der Waals surface area contributed by atoms with E-state index in [-0.39, 0.29) is 86.7 Å². The van der Waals surface area contributed by atoms with Crippen LogP contribution in [0.3, 0.4) is 0 Å².